The first kappa shape index (κ1) is 17.4. The number of carboxylic acids is 1. The van der Waals surface area contributed by atoms with E-state index in [1.807, 2.05) is 0 Å². The molecule has 0 unspecified atom stereocenters. The van der Waals surface area contributed by atoms with Crippen molar-refractivity contribution >= 4 is 23.6 Å². The Balaban J connectivity index is 2.41. The topological polar surface area (TPSA) is 69.6 Å². The summed E-state index contributed by atoms with van der Waals surface area (Å²) in [7, 11) is 0. The summed E-state index contributed by atoms with van der Waals surface area (Å²) in [5.41, 5.74) is 0.524. The first-order chi connectivity index (χ1) is 10.0. The van der Waals surface area contributed by atoms with Crippen LogP contribution < -0.4 is 4.72 Å². The highest BCUT2D eigenvalue weighted by molar-refractivity contribution is 8.04. The smallest absolute Gasteiger partial charge is 0.337 e. The van der Waals surface area contributed by atoms with E-state index in [9.17, 15) is 9.90 Å². The van der Waals surface area contributed by atoms with Crippen LogP contribution in [0.1, 0.15) is 55.8 Å². The summed E-state index contributed by atoms with van der Waals surface area (Å²) in [4.78, 5) is 12.1. The van der Waals surface area contributed by atoms with Crippen molar-refractivity contribution in [1.29, 1.82) is 0 Å². The number of phenols is 1. The van der Waals surface area contributed by atoms with E-state index in [0.717, 1.165) is 17.7 Å². The van der Waals surface area contributed by atoms with Gasteiger partial charge in [-0.15, -0.1) is 0 Å². The average Bonchev–Trinajstić information content (AvgIpc) is 2.45. The maximum Gasteiger partial charge on any atom is 0.337 e. The van der Waals surface area contributed by atoms with Crippen LogP contribution in [0.15, 0.2) is 29.7 Å². The van der Waals surface area contributed by atoms with Gasteiger partial charge in [0.05, 0.1) is 11.3 Å². The lowest BCUT2D eigenvalue weighted by Gasteiger charge is -2.10. The number of benzene rings is 1. The molecular weight excluding hydrogens is 286 g/mol. The number of phenolic OH excluding ortho intramolecular Hbond substituents is 1. The first-order valence-electron chi connectivity index (χ1n) is 7.21. The summed E-state index contributed by atoms with van der Waals surface area (Å²) in [5.74, 6) is -1.13. The Labute approximate surface area is 130 Å². The lowest BCUT2D eigenvalue weighted by Crippen LogP contribution is -2.01. The van der Waals surface area contributed by atoms with Gasteiger partial charge in [-0.3, -0.25) is 0 Å². The molecule has 1 rings (SSSR count). The van der Waals surface area contributed by atoms with Crippen LogP contribution in [0.3, 0.4) is 0 Å². The third kappa shape index (κ3) is 6.58. The number of rotatable bonds is 10. The third-order valence-electron chi connectivity index (χ3n) is 3.10. The van der Waals surface area contributed by atoms with Gasteiger partial charge in [0.1, 0.15) is 5.75 Å². The lowest BCUT2D eigenvalue weighted by molar-refractivity contribution is 0.0697. The zero-order valence-electron chi connectivity index (χ0n) is 12.4. The molecule has 0 fully saturated rings. The number of nitrogens with one attached hydrogen (secondary N) is 1. The maximum atomic E-state index is 11.1. The molecule has 0 bridgehead atoms. The monoisotopic (exact) mass is 309 g/mol. The first-order valence-corrected chi connectivity index (χ1v) is 8.03. The highest BCUT2D eigenvalue weighted by atomic mass is 32.2. The molecule has 0 radical (unpaired) electrons. The van der Waals surface area contributed by atoms with Crippen molar-refractivity contribution in [3.8, 4) is 5.75 Å². The number of aromatic hydroxyl groups is 1. The highest BCUT2D eigenvalue weighted by Crippen LogP contribution is 2.27. The van der Waals surface area contributed by atoms with E-state index >= 15 is 0 Å². The molecule has 0 aliphatic carbocycles. The number of anilines is 1. The second-order valence-electron chi connectivity index (χ2n) is 4.94. The summed E-state index contributed by atoms with van der Waals surface area (Å²) >= 11 is 1.34. The molecule has 0 aromatic heterocycles. The molecule has 0 spiro atoms. The van der Waals surface area contributed by atoms with E-state index < -0.39 is 5.97 Å². The van der Waals surface area contributed by atoms with Gasteiger partial charge in [-0.2, -0.15) is 0 Å². The zero-order valence-corrected chi connectivity index (χ0v) is 13.2. The molecule has 4 nitrogen and oxygen atoms in total. The molecule has 0 aliphatic rings. The standard InChI is InChI=1S/C16H23NO3S/c1-3-4-5-6-7-8-12(2)21-17-15-10-9-13(18)11-14(15)16(19)20/h9-11,17-18H,2-8H2,1H3,(H,19,20). The maximum absolute atomic E-state index is 11.1. The van der Waals surface area contributed by atoms with Crippen molar-refractivity contribution in [2.45, 2.75) is 45.4 Å². The quantitative estimate of drug-likeness (QED) is 0.321. The largest absolute Gasteiger partial charge is 0.508 e. The Hall–Kier alpha value is -1.62. The van der Waals surface area contributed by atoms with Gasteiger partial charge < -0.3 is 14.9 Å². The average molecular weight is 309 g/mol. The van der Waals surface area contributed by atoms with Crippen LogP contribution in [0.25, 0.3) is 0 Å². The van der Waals surface area contributed by atoms with Crippen LogP contribution in [0.2, 0.25) is 0 Å². The fraction of sp³-hybridized carbons (Fsp3) is 0.438. The minimum Gasteiger partial charge on any atom is -0.508 e. The number of hydrogen-bond donors (Lipinski definition) is 3. The molecule has 21 heavy (non-hydrogen) atoms. The van der Waals surface area contributed by atoms with E-state index in [0.29, 0.717) is 5.69 Å². The molecule has 116 valence electrons. The normalized spacial score (nSPS) is 10.3. The molecule has 1 aromatic rings. The van der Waals surface area contributed by atoms with Gasteiger partial charge >= 0.3 is 5.97 Å². The Morgan fingerprint density at radius 3 is 2.67 bits per heavy atom. The Bertz CT molecular complexity index is 488. The van der Waals surface area contributed by atoms with Crippen molar-refractivity contribution in [2.75, 3.05) is 4.72 Å². The van der Waals surface area contributed by atoms with E-state index in [1.54, 1.807) is 6.07 Å². The SMILES string of the molecule is C=C(CCCCCCC)SNc1ccc(O)cc1C(=O)O. The Morgan fingerprint density at radius 1 is 1.29 bits per heavy atom. The van der Waals surface area contributed by atoms with Crippen LogP contribution in [-0.2, 0) is 0 Å². The minimum absolute atomic E-state index is 0.0539. The number of aromatic carboxylic acids is 1. The van der Waals surface area contributed by atoms with Gasteiger partial charge in [-0.05, 0) is 47.9 Å². The molecule has 1 aromatic carbocycles. The predicted molar refractivity (Wildman–Crippen MR) is 88.8 cm³/mol. The fourth-order valence-electron chi connectivity index (χ4n) is 1.90. The number of allylic oxidation sites excluding steroid dienone is 1. The molecule has 0 aliphatic heterocycles. The van der Waals surface area contributed by atoms with Gasteiger partial charge in [0.15, 0.2) is 0 Å². The summed E-state index contributed by atoms with van der Waals surface area (Å²) in [6, 6.07) is 4.25. The number of carboxylic acid groups (broad SMARTS) is 1. The molecule has 0 saturated carbocycles. The summed E-state index contributed by atoms with van der Waals surface area (Å²) in [6.45, 7) is 6.17. The van der Waals surface area contributed by atoms with Gasteiger partial charge in [-0.1, -0.05) is 39.2 Å². The van der Waals surface area contributed by atoms with Gasteiger partial charge in [0.2, 0.25) is 0 Å². The van der Waals surface area contributed by atoms with Gasteiger partial charge in [-0.25, -0.2) is 4.79 Å². The summed E-state index contributed by atoms with van der Waals surface area (Å²) in [5, 5.41) is 18.4. The molecule has 0 amide bonds. The van der Waals surface area contributed by atoms with E-state index in [2.05, 4.69) is 18.2 Å². The van der Waals surface area contributed by atoms with Crippen molar-refractivity contribution in [3.63, 3.8) is 0 Å². The minimum atomic E-state index is -1.07. The van der Waals surface area contributed by atoms with Crippen LogP contribution in [0, 0.1) is 0 Å². The van der Waals surface area contributed by atoms with Gasteiger partial charge in [0.25, 0.3) is 0 Å². The lowest BCUT2D eigenvalue weighted by atomic mass is 10.1. The van der Waals surface area contributed by atoms with Crippen LogP contribution in [0.4, 0.5) is 5.69 Å². The number of carbonyl (C=O) groups is 1. The van der Waals surface area contributed by atoms with E-state index in [1.165, 1.54) is 49.8 Å². The molecule has 0 atom stereocenters. The van der Waals surface area contributed by atoms with Gasteiger partial charge in [0, 0.05) is 0 Å². The van der Waals surface area contributed by atoms with Crippen molar-refractivity contribution < 1.29 is 15.0 Å². The van der Waals surface area contributed by atoms with Crippen LogP contribution in [-0.4, -0.2) is 16.2 Å². The second kappa shape index (κ2) is 9.34. The van der Waals surface area contributed by atoms with E-state index in [4.69, 9.17) is 5.11 Å². The van der Waals surface area contributed by atoms with Crippen molar-refractivity contribution in [3.05, 3.63) is 35.2 Å². The highest BCUT2D eigenvalue weighted by Gasteiger charge is 2.11. The molecule has 0 saturated heterocycles. The van der Waals surface area contributed by atoms with Crippen molar-refractivity contribution in [1.82, 2.24) is 0 Å². The molecule has 0 heterocycles. The molecular formula is C16H23NO3S. The van der Waals surface area contributed by atoms with E-state index in [-0.39, 0.29) is 11.3 Å². The zero-order chi connectivity index (χ0) is 15.7. The fourth-order valence-corrected chi connectivity index (χ4v) is 2.58. The second-order valence-corrected chi connectivity index (χ2v) is 5.93. The van der Waals surface area contributed by atoms with Crippen LogP contribution >= 0.6 is 11.9 Å². The number of unbranched alkanes of at least 4 members (excludes halogenated alkanes) is 4. The van der Waals surface area contributed by atoms with Crippen molar-refractivity contribution in [2.24, 2.45) is 0 Å². The molecule has 3 N–H and O–H groups in total. The van der Waals surface area contributed by atoms with Crippen LogP contribution in [0.5, 0.6) is 5.75 Å². The summed E-state index contributed by atoms with van der Waals surface area (Å²) < 4.78 is 3.00. The Kier molecular flexibility index (Phi) is 7.75. The molecule has 5 heteroatoms. The summed E-state index contributed by atoms with van der Waals surface area (Å²) in [6.07, 6.45) is 6.98. The predicted octanol–water partition coefficient (Wildman–Crippen LogP) is 5.02. The Morgan fingerprint density at radius 2 is 2.00 bits per heavy atom. The third-order valence-corrected chi connectivity index (χ3v) is 3.91. The number of hydrogen-bond acceptors (Lipinski definition) is 4.